The fourth-order valence-electron chi connectivity index (χ4n) is 3.46. The number of benzene rings is 2. The highest BCUT2D eigenvalue weighted by molar-refractivity contribution is 5.78. The third-order valence-corrected chi connectivity index (χ3v) is 5.06. The zero-order chi connectivity index (χ0) is 21.8. The Morgan fingerprint density at radius 2 is 1.81 bits per heavy atom. The first-order valence-corrected chi connectivity index (χ1v) is 9.94. The van der Waals surface area contributed by atoms with Gasteiger partial charge in [0, 0.05) is 12.3 Å². The minimum Gasteiger partial charge on any atom is -0.459 e. The van der Waals surface area contributed by atoms with Crippen molar-refractivity contribution in [2.24, 2.45) is 0 Å². The molecule has 0 fully saturated rings. The van der Waals surface area contributed by atoms with Crippen LogP contribution in [0.25, 0.3) is 5.65 Å². The van der Waals surface area contributed by atoms with E-state index in [4.69, 9.17) is 4.74 Å². The lowest BCUT2D eigenvalue weighted by Gasteiger charge is -2.17. The van der Waals surface area contributed by atoms with Crippen LogP contribution in [0, 0.1) is 12.7 Å². The van der Waals surface area contributed by atoms with Crippen LogP contribution in [0.15, 0.2) is 83.8 Å². The minimum atomic E-state index is -0.559. The van der Waals surface area contributed by atoms with Crippen LogP contribution in [0.1, 0.15) is 28.3 Å². The molecule has 0 spiro atoms. The first-order valence-electron chi connectivity index (χ1n) is 9.94. The molecule has 31 heavy (non-hydrogen) atoms. The quantitative estimate of drug-likeness (QED) is 0.442. The van der Waals surface area contributed by atoms with Gasteiger partial charge in [0.1, 0.15) is 18.1 Å². The molecule has 0 aliphatic rings. The zero-order valence-corrected chi connectivity index (χ0v) is 17.0. The molecule has 2 aromatic heterocycles. The lowest BCUT2D eigenvalue weighted by atomic mass is 9.92. The van der Waals surface area contributed by atoms with Gasteiger partial charge in [-0.25, -0.2) is 9.37 Å². The molecule has 0 N–H and O–H groups in total. The van der Waals surface area contributed by atoms with Gasteiger partial charge in [-0.3, -0.25) is 14.0 Å². The Kier molecular flexibility index (Phi) is 5.89. The van der Waals surface area contributed by atoms with Gasteiger partial charge in [0.25, 0.3) is 5.56 Å². The summed E-state index contributed by atoms with van der Waals surface area (Å²) in [5.74, 6) is -1.32. The predicted molar refractivity (Wildman–Crippen MR) is 115 cm³/mol. The Morgan fingerprint density at radius 3 is 2.55 bits per heavy atom. The molecule has 0 saturated heterocycles. The maximum Gasteiger partial charge on any atom is 0.314 e. The third kappa shape index (κ3) is 4.86. The van der Waals surface area contributed by atoms with Gasteiger partial charge < -0.3 is 4.74 Å². The molecule has 4 rings (SSSR count). The summed E-state index contributed by atoms with van der Waals surface area (Å²) >= 11 is 0. The minimum absolute atomic E-state index is 0.106. The van der Waals surface area contributed by atoms with Gasteiger partial charge in [-0.15, -0.1) is 0 Å². The SMILES string of the molecule is Cc1ccc2nc(COC(=O)C(Cc3ccc(F)cc3)c3ccccc3)cc(=O)n2c1. The summed E-state index contributed by atoms with van der Waals surface area (Å²) in [7, 11) is 0. The molecule has 5 nitrogen and oxygen atoms in total. The number of aryl methyl sites for hydroxylation is 1. The lowest BCUT2D eigenvalue weighted by Crippen LogP contribution is -2.20. The van der Waals surface area contributed by atoms with E-state index >= 15 is 0 Å². The third-order valence-electron chi connectivity index (χ3n) is 5.06. The van der Waals surface area contributed by atoms with Crippen molar-refractivity contribution in [3.8, 4) is 0 Å². The standard InChI is InChI=1S/C25H21FN2O3/c1-17-7-12-23-27-21(14-24(29)28(23)15-17)16-31-25(30)22(19-5-3-2-4-6-19)13-18-8-10-20(26)11-9-18/h2-12,14-15,22H,13,16H2,1H3. The van der Waals surface area contributed by atoms with E-state index in [9.17, 15) is 14.0 Å². The van der Waals surface area contributed by atoms with Gasteiger partial charge in [0.05, 0.1) is 11.6 Å². The van der Waals surface area contributed by atoms with Crippen molar-refractivity contribution in [3.05, 3.63) is 118 Å². The smallest absolute Gasteiger partial charge is 0.314 e. The van der Waals surface area contributed by atoms with Crippen molar-refractivity contribution in [1.82, 2.24) is 9.38 Å². The number of carbonyl (C=O) groups is 1. The second-order valence-electron chi connectivity index (χ2n) is 7.42. The van der Waals surface area contributed by atoms with Crippen molar-refractivity contribution in [1.29, 1.82) is 0 Å². The predicted octanol–water partition coefficient (Wildman–Crippen LogP) is 4.21. The van der Waals surface area contributed by atoms with Gasteiger partial charge in [0.2, 0.25) is 0 Å². The summed E-state index contributed by atoms with van der Waals surface area (Å²) in [5.41, 5.74) is 3.22. The van der Waals surface area contributed by atoms with Crippen molar-refractivity contribution in [2.45, 2.75) is 25.9 Å². The molecule has 0 bridgehead atoms. The number of fused-ring (bicyclic) bond motifs is 1. The largest absolute Gasteiger partial charge is 0.459 e. The van der Waals surface area contributed by atoms with Crippen LogP contribution in [0.4, 0.5) is 4.39 Å². The fourth-order valence-corrected chi connectivity index (χ4v) is 3.46. The van der Waals surface area contributed by atoms with E-state index in [2.05, 4.69) is 4.98 Å². The topological polar surface area (TPSA) is 60.7 Å². The first-order chi connectivity index (χ1) is 15.0. The Balaban J connectivity index is 1.55. The molecule has 0 aliphatic carbocycles. The number of pyridine rings is 1. The lowest BCUT2D eigenvalue weighted by molar-refractivity contribution is -0.147. The van der Waals surface area contributed by atoms with Crippen LogP contribution in [0.5, 0.6) is 0 Å². The second-order valence-corrected chi connectivity index (χ2v) is 7.42. The Hall–Kier alpha value is -3.80. The van der Waals surface area contributed by atoms with E-state index in [1.165, 1.54) is 22.6 Å². The first kappa shape index (κ1) is 20.5. The summed E-state index contributed by atoms with van der Waals surface area (Å²) in [6, 6.07) is 20.4. The van der Waals surface area contributed by atoms with Crippen LogP contribution in [0.2, 0.25) is 0 Å². The molecule has 1 atom stereocenters. The van der Waals surface area contributed by atoms with Crippen LogP contribution in [-0.4, -0.2) is 15.4 Å². The van der Waals surface area contributed by atoms with E-state index in [1.54, 1.807) is 24.4 Å². The number of hydrogen-bond donors (Lipinski definition) is 0. The molecule has 4 aromatic rings. The van der Waals surface area contributed by atoms with Crippen LogP contribution in [-0.2, 0) is 22.6 Å². The number of nitrogens with zero attached hydrogens (tertiary/aromatic N) is 2. The van der Waals surface area contributed by atoms with Gasteiger partial charge >= 0.3 is 5.97 Å². The zero-order valence-electron chi connectivity index (χ0n) is 17.0. The van der Waals surface area contributed by atoms with Crippen molar-refractivity contribution in [2.75, 3.05) is 0 Å². The Labute approximate surface area is 178 Å². The van der Waals surface area contributed by atoms with Crippen LogP contribution < -0.4 is 5.56 Å². The summed E-state index contributed by atoms with van der Waals surface area (Å²) in [4.78, 5) is 29.8. The summed E-state index contributed by atoms with van der Waals surface area (Å²) < 4.78 is 20.3. The number of ether oxygens (including phenoxy) is 1. The Bertz CT molecular complexity index is 1270. The number of hydrogen-bond acceptors (Lipinski definition) is 4. The molecule has 0 radical (unpaired) electrons. The monoisotopic (exact) mass is 416 g/mol. The molecule has 0 amide bonds. The van der Waals surface area contributed by atoms with E-state index in [0.29, 0.717) is 17.8 Å². The van der Waals surface area contributed by atoms with E-state index in [0.717, 1.165) is 16.7 Å². The second kappa shape index (κ2) is 8.92. The van der Waals surface area contributed by atoms with E-state index in [-0.39, 0.29) is 18.0 Å². The molecule has 1 unspecified atom stereocenters. The number of carbonyl (C=O) groups excluding carboxylic acids is 1. The van der Waals surface area contributed by atoms with E-state index in [1.807, 2.05) is 43.3 Å². The number of rotatable bonds is 6. The van der Waals surface area contributed by atoms with Gasteiger partial charge in [-0.05, 0) is 48.2 Å². The molecule has 2 heterocycles. The highest BCUT2D eigenvalue weighted by Crippen LogP contribution is 2.23. The number of aromatic nitrogens is 2. The molecule has 2 aromatic carbocycles. The van der Waals surface area contributed by atoms with Gasteiger partial charge in [-0.1, -0.05) is 48.5 Å². The molecular weight excluding hydrogens is 395 g/mol. The maximum atomic E-state index is 13.3. The molecule has 0 aliphatic heterocycles. The highest BCUT2D eigenvalue weighted by Gasteiger charge is 2.23. The average Bonchev–Trinajstić information content (AvgIpc) is 2.78. The fraction of sp³-hybridized carbons (Fsp3) is 0.160. The average molecular weight is 416 g/mol. The van der Waals surface area contributed by atoms with Crippen LogP contribution in [0.3, 0.4) is 0 Å². The summed E-state index contributed by atoms with van der Waals surface area (Å²) in [6.45, 7) is 1.79. The van der Waals surface area contributed by atoms with Crippen molar-refractivity contribution < 1.29 is 13.9 Å². The molecular formula is C25H21FN2O3. The molecule has 6 heteroatoms. The summed E-state index contributed by atoms with van der Waals surface area (Å²) in [6.07, 6.45) is 2.09. The highest BCUT2D eigenvalue weighted by atomic mass is 19.1. The number of esters is 1. The molecule has 156 valence electrons. The number of halogens is 1. The summed E-state index contributed by atoms with van der Waals surface area (Å²) in [5, 5.41) is 0. The normalized spacial score (nSPS) is 11.9. The van der Waals surface area contributed by atoms with Crippen LogP contribution >= 0.6 is 0 Å². The Morgan fingerprint density at radius 1 is 1.06 bits per heavy atom. The van der Waals surface area contributed by atoms with Crippen molar-refractivity contribution >= 4 is 11.6 Å². The van der Waals surface area contributed by atoms with Gasteiger partial charge in [0.15, 0.2) is 0 Å². The molecule has 0 saturated carbocycles. The van der Waals surface area contributed by atoms with E-state index < -0.39 is 11.9 Å². The van der Waals surface area contributed by atoms with Gasteiger partial charge in [-0.2, -0.15) is 0 Å². The maximum absolute atomic E-state index is 13.3. The van der Waals surface area contributed by atoms with Crippen molar-refractivity contribution in [3.63, 3.8) is 0 Å².